The van der Waals surface area contributed by atoms with E-state index in [4.69, 9.17) is 4.74 Å². The minimum atomic E-state index is -0.191. The van der Waals surface area contributed by atoms with Crippen LogP contribution < -0.4 is 5.32 Å². The molecule has 1 amide bonds. The van der Waals surface area contributed by atoms with Crippen LogP contribution in [-0.4, -0.2) is 63.7 Å². The summed E-state index contributed by atoms with van der Waals surface area (Å²) in [7, 11) is 1.43. The Hall–Kier alpha value is -2.48. The Bertz CT molecular complexity index is 799. The molecule has 2 fully saturated rings. The Morgan fingerprint density at radius 3 is 2.81 bits per heavy atom. The summed E-state index contributed by atoms with van der Waals surface area (Å²) in [6.07, 6.45) is 8.32. The van der Waals surface area contributed by atoms with Crippen molar-refractivity contribution in [1.29, 1.82) is 0 Å². The lowest BCUT2D eigenvalue weighted by atomic mass is 10.1. The summed E-state index contributed by atoms with van der Waals surface area (Å²) in [4.78, 5) is 30.8. The van der Waals surface area contributed by atoms with Gasteiger partial charge in [-0.25, -0.2) is 9.50 Å². The highest BCUT2D eigenvalue weighted by Crippen LogP contribution is 2.35. The van der Waals surface area contributed by atoms with Crippen molar-refractivity contribution in [3.63, 3.8) is 0 Å². The fourth-order valence-corrected chi connectivity index (χ4v) is 3.87. The molecular formula is C19H25N5O3. The van der Waals surface area contributed by atoms with Crippen molar-refractivity contribution in [2.75, 3.05) is 20.2 Å². The lowest BCUT2D eigenvalue weighted by Crippen LogP contribution is -2.45. The maximum absolute atomic E-state index is 12.5. The summed E-state index contributed by atoms with van der Waals surface area (Å²) in [6.45, 7) is 1.56. The predicted octanol–water partition coefficient (Wildman–Crippen LogP) is 1.27. The van der Waals surface area contributed by atoms with Crippen LogP contribution in [0.5, 0.6) is 0 Å². The number of aromatic nitrogens is 3. The van der Waals surface area contributed by atoms with E-state index in [2.05, 4.69) is 20.3 Å². The molecule has 0 spiro atoms. The minimum Gasteiger partial charge on any atom is -0.469 e. The lowest BCUT2D eigenvalue weighted by molar-refractivity contribution is -0.141. The third kappa shape index (κ3) is 4.10. The molecule has 0 unspecified atom stereocenters. The Kier molecular flexibility index (Phi) is 5.07. The van der Waals surface area contributed by atoms with Crippen LogP contribution in [0.25, 0.3) is 5.65 Å². The SMILES string of the molecule is COC(=O)C[C@H]1CC[C@@H](CNC(=O)c2cc3ncccn3n2)N1CC1CC1. The summed E-state index contributed by atoms with van der Waals surface area (Å²) in [5, 5.41) is 7.28. The topological polar surface area (TPSA) is 88.8 Å². The smallest absolute Gasteiger partial charge is 0.307 e. The molecular weight excluding hydrogens is 346 g/mol. The molecule has 2 aromatic heterocycles. The summed E-state index contributed by atoms with van der Waals surface area (Å²) >= 11 is 0. The molecule has 1 aliphatic carbocycles. The molecule has 0 bridgehead atoms. The molecule has 2 aromatic rings. The number of methoxy groups -OCH3 is 1. The zero-order chi connectivity index (χ0) is 18.8. The lowest BCUT2D eigenvalue weighted by Gasteiger charge is -2.30. The number of hydrogen-bond acceptors (Lipinski definition) is 6. The van der Waals surface area contributed by atoms with Gasteiger partial charge in [0.25, 0.3) is 5.91 Å². The van der Waals surface area contributed by atoms with Gasteiger partial charge in [0.15, 0.2) is 11.3 Å². The molecule has 2 aliphatic rings. The van der Waals surface area contributed by atoms with Crippen LogP contribution in [0.3, 0.4) is 0 Å². The average molecular weight is 371 g/mol. The van der Waals surface area contributed by atoms with Gasteiger partial charge in [-0.2, -0.15) is 5.10 Å². The second-order valence-electron chi connectivity index (χ2n) is 7.47. The van der Waals surface area contributed by atoms with Gasteiger partial charge in [0.05, 0.1) is 13.5 Å². The van der Waals surface area contributed by atoms with Crippen molar-refractivity contribution in [2.45, 2.75) is 44.2 Å². The number of carbonyl (C=O) groups is 2. The number of rotatable bonds is 7. The number of likely N-dealkylation sites (tertiary alicyclic amines) is 1. The quantitative estimate of drug-likeness (QED) is 0.737. The van der Waals surface area contributed by atoms with E-state index in [1.807, 2.05) is 0 Å². The van der Waals surface area contributed by atoms with E-state index >= 15 is 0 Å². The number of nitrogens with one attached hydrogen (secondary N) is 1. The van der Waals surface area contributed by atoms with Crippen LogP contribution in [0.15, 0.2) is 24.5 Å². The molecule has 8 heteroatoms. The maximum atomic E-state index is 12.5. The number of carbonyl (C=O) groups excluding carboxylic acids is 2. The van der Waals surface area contributed by atoms with Gasteiger partial charge in [0.1, 0.15) is 0 Å². The van der Waals surface area contributed by atoms with E-state index < -0.39 is 0 Å². The molecule has 1 saturated carbocycles. The molecule has 0 radical (unpaired) electrons. The molecule has 27 heavy (non-hydrogen) atoms. The van der Waals surface area contributed by atoms with Crippen LogP contribution in [0.1, 0.15) is 42.6 Å². The molecule has 1 saturated heterocycles. The second-order valence-corrected chi connectivity index (χ2v) is 7.47. The summed E-state index contributed by atoms with van der Waals surface area (Å²) in [5.74, 6) is 0.372. The summed E-state index contributed by atoms with van der Waals surface area (Å²) in [5.41, 5.74) is 1.02. The van der Waals surface area contributed by atoms with Gasteiger partial charge in [-0.1, -0.05) is 0 Å². The first-order chi connectivity index (χ1) is 13.1. The Balaban J connectivity index is 1.38. The Labute approximate surface area is 157 Å². The first-order valence-corrected chi connectivity index (χ1v) is 9.55. The number of esters is 1. The van der Waals surface area contributed by atoms with Crippen molar-refractivity contribution < 1.29 is 14.3 Å². The van der Waals surface area contributed by atoms with E-state index in [1.165, 1.54) is 20.0 Å². The van der Waals surface area contributed by atoms with E-state index in [9.17, 15) is 9.59 Å². The second kappa shape index (κ2) is 7.64. The number of ether oxygens (including phenoxy) is 1. The van der Waals surface area contributed by atoms with Crippen molar-refractivity contribution in [3.8, 4) is 0 Å². The first kappa shape index (κ1) is 17.9. The van der Waals surface area contributed by atoms with Gasteiger partial charge < -0.3 is 10.1 Å². The van der Waals surface area contributed by atoms with Crippen molar-refractivity contribution in [2.24, 2.45) is 5.92 Å². The van der Waals surface area contributed by atoms with Gasteiger partial charge >= 0.3 is 5.97 Å². The third-order valence-corrected chi connectivity index (χ3v) is 5.53. The average Bonchev–Trinajstić information content (AvgIpc) is 3.27. The number of fused-ring (bicyclic) bond motifs is 1. The standard InChI is InChI=1S/C19H25N5O3/c1-27-18(25)9-14-5-6-15(23(14)12-13-3-4-13)11-21-19(26)16-10-17-20-7-2-8-24(17)22-16/h2,7-8,10,13-15H,3-6,9,11-12H2,1H3,(H,21,26)/t14-,15+/m1/s1. The molecule has 144 valence electrons. The Morgan fingerprint density at radius 2 is 2.07 bits per heavy atom. The van der Waals surface area contributed by atoms with E-state index in [-0.39, 0.29) is 24.0 Å². The molecule has 4 rings (SSSR count). The molecule has 8 nitrogen and oxygen atoms in total. The van der Waals surface area contributed by atoms with Crippen LogP contribution in [0, 0.1) is 5.92 Å². The third-order valence-electron chi connectivity index (χ3n) is 5.53. The number of nitrogens with zero attached hydrogens (tertiary/aromatic N) is 4. The van der Waals surface area contributed by atoms with E-state index in [0.717, 1.165) is 25.3 Å². The fraction of sp³-hybridized carbons (Fsp3) is 0.579. The highest BCUT2D eigenvalue weighted by atomic mass is 16.5. The van der Waals surface area contributed by atoms with Gasteiger partial charge in [-0.3, -0.25) is 14.5 Å². The summed E-state index contributed by atoms with van der Waals surface area (Å²) in [6, 6.07) is 3.92. The molecule has 2 atom stereocenters. The maximum Gasteiger partial charge on any atom is 0.307 e. The highest BCUT2D eigenvalue weighted by Gasteiger charge is 2.38. The first-order valence-electron chi connectivity index (χ1n) is 9.55. The van der Waals surface area contributed by atoms with Crippen LogP contribution in [-0.2, 0) is 9.53 Å². The van der Waals surface area contributed by atoms with Gasteiger partial charge in [0, 0.05) is 43.6 Å². The van der Waals surface area contributed by atoms with E-state index in [1.54, 1.807) is 29.0 Å². The zero-order valence-electron chi connectivity index (χ0n) is 15.5. The largest absolute Gasteiger partial charge is 0.469 e. The van der Waals surface area contributed by atoms with Crippen molar-refractivity contribution >= 4 is 17.5 Å². The number of amides is 1. The normalized spacial score (nSPS) is 22.9. The molecule has 3 heterocycles. The van der Waals surface area contributed by atoms with Crippen LogP contribution in [0.2, 0.25) is 0 Å². The van der Waals surface area contributed by atoms with Crippen molar-refractivity contribution in [1.82, 2.24) is 24.8 Å². The molecule has 1 N–H and O–H groups in total. The monoisotopic (exact) mass is 371 g/mol. The van der Waals surface area contributed by atoms with Gasteiger partial charge in [-0.05, 0) is 37.7 Å². The minimum absolute atomic E-state index is 0.164. The molecule has 1 aliphatic heterocycles. The fourth-order valence-electron chi connectivity index (χ4n) is 3.87. The highest BCUT2D eigenvalue weighted by molar-refractivity contribution is 5.93. The van der Waals surface area contributed by atoms with Crippen molar-refractivity contribution in [3.05, 3.63) is 30.2 Å². The summed E-state index contributed by atoms with van der Waals surface area (Å²) < 4.78 is 6.44. The molecule has 0 aromatic carbocycles. The van der Waals surface area contributed by atoms with Crippen LogP contribution >= 0.6 is 0 Å². The van der Waals surface area contributed by atoms with E-state index in [0.29, 0.717) is 24.3 Å². The van der Waals surface area contributed by atoms with Gasteiger partial charge in [-0.15, -0.1) is 0 Å². The number of hydrogen-bond donors (Lipinski definition) is 1. The zero-order valence-corrected chi connectivity index (χ0v) is 15.5. The van der Waals surface area contributed by atoms with Crippen LogP contribution in [0.4, 0.5) is 0 Å². The Morgan fingerprint density at radius 1 is 1.26 bits per heavy atom. The van der Waals surface area contributed by atoms with Gasteiger partial charge in [0.2, 0.25) is 0 Å². The predicted molar refractivity (Wildman–Crippen MR) is 98.2 cm³/mol.